The molecule has 1 aromatic heterocycles. The quantitative estimate of drug-likeness (QED) is 0.705. The molecule has 8 heteroatoms. The van der Waals surface area contributed by atoms with E-state index in [4.69, 9.17) is 9.47 Å². The van der Waals surface area contributed by atoms with E-state index < -0.39 is 0 Å². The van der Waals surface area contributed by atoms with Crippen LogP contribution in [-0.2, 0) is 11.2 Å². The molecule has 156 valence electrons. The largest absolute Gasteiger partial charge is 0.497 e. The van der Waals surface area contributed by atoms with Crippen molar-refractivity contribution in [2.24, 2.45) is 0 Å². The minimum Gasteiger partial charge on any atom is -0.497 e. The molecule has 1 amide bonds. The molecule has 1 fully saturated rings. The summed E-state index contributed by atoms with van der Waals surface area (Å²) >= 11 is 0. The number of anilines is 2. The number of methoxy groups -OCH3 is 1. The van der Waals surface area contributed by atoms with E-state index in [0.29, 0.717) is 25.6 Å². The normalized spacial score (nSPS) is 14.3. The van der Waals surface area contributed by atoms with Gasteiger partial charge in [-0.15, -0.1) is 0 Å². The molecule has 2 aromatic rings. The second-order valence-corrected chi connectivity index (χ2v) is 6.89. The summed E-state index contributed by atoms with van der Waals surface area (Å²) in [6.07, 6.45) is 4.10. The number of nitrogens with one attached hydrogen (secondary N) is 2. The number of piperidine rings is 1. The van der Waals surface area contributed by atoms with Crippen LogP contribution in [0.1, 0.15) is 25.3 Å². The molecule has 2 heterocycles. The fourth-order valence-corrected chi connectivity index (χ4v) is 3.26. The van der Waals surface area contributed by atoms with Gasteiger partial charge in [-0.3, -0.25) is 0 Å². The van der Waals surface area contributed by atoms with Crippen LogP contribution < -0.4 is 15.4 Å². The van der Waals surface area contributed by atoms with Gasteiger partial charge in [-0.2, -0.15) is 4.98 Å². The van der Waals surface area contributed by atoms with Gasteiger partial charge in [0.25, 0.3) is 0 Å². The molecule has 0 unspecified atom stereocenters. The topological polar surface area (TPSA) is 88.6 Å². The molecule has 3 rings (SSSR count). The average Bonchev–Trinajstić information content (AvgIpc) is 2.75. The van der Waals surface area contributed by atoms with E-state index in [-0.39, 0.29) is 12.1 Å². The molecule has 1 aliphatic rings. The highest BCUT2D eigenvalue weighted by Gasteiger charge is 2.23. The van der Waals surface area contributed by atoms with Crippen molar-refractivity contribution in [3.63, 3.8) is 0 Å². The highest BCUT2D eigenvalue weighted by atomic mass is 16.6. The van der Waals surface area contributed by atoms with E-state index >= 15 is 0 Å². The third-order valence-corrected chi connectivity index (χ3v) is 4.89. The van der Waals surface area contributed by atoms with Gasteiger partial charge in [0, 0.05) is 31.9 Å². The number of carbonyl (C=O) groups is 1. The minimum absolute atomic E-state index is 0.231. The highest BCUT2D eigenvalue weighted by Crippen LogP contribution is 2.16. The summed E-state index contributed by atoms with van der Waals surface area (Å²) in [4.78, 5) is 22.4. The summed E-state index contributed by atoms with van der Waals surface area (Å²) in [5, 5.41) is 6.72. The van der Waals surface area contributed by atoms with E-state index in [9.17, 15) is 4.79 Å². The Kier molecular flexibility index (Phi) is 7.49. The maximum absolute atomic E-state index is 11.8. The van der Waals surface area contributed by atoms with Crippen LogP contribution in [0.15, 0.2) is 36.5 Å². The first kappa shape index (κ1) is 20.7. The molecule has 0 atom stereocenters. The van der Waals surface area contributed by atoms with Crippen molar-refractivity contribution >= 4 is 17.9 Å². The van der Waals surface area contributed by atoms with Crippen molar-refractivity contribution in [3.8, 4) is 5.75 Å². The van der Waals surface area contributed by atoms with Gasteiger partial charge in [0.1, 0.15) is 11.6 Å². The summed E-state index contributed by atoms with van der Waals surface area (Å²) in [6.45, 7) is 4.36. The van der Waals surface area contributed by atoms with Gasteiger partial charge in [0.2, 0.25) is 5.95 Å². The fraction of sp³-hybridized carbons (Fsp3) is 0.476. The van der Waals surface area contributed by atoms with E-state index in [0.717, 1.165) is 37.4 Å². The molecule has 0 aliphatic carbocycles. The van der Waals surface area contributed by atoms with Gasteiger partial charge in [-0.05, 0) is 49.9 Å². The van der Waals surface area contributed by atoms with Gasteiger partial charge < -0.3 is 25.0 Å². The Morgan fingerprint density at radius 2 is 1.97 bits per heavy atom. The second kappa shape index (κ2) is 10.5. The first-order valence-corrected chi connectivity index (χ1v) is 10.1. The van der Waals surface area contributed by atoms with Crippen LogP contribution in [0.5, 0.6) is 5.75 Å². The van der Waals surface area contributed by atoms with Crippen LogP contribution in [0.3, 0.4) is 0 Å². The molecule has 2 N–H and O–H groups in total. The van der Waals surface area contributed by atoms with E-state index in [2.05, 4.69) is 32.7 Å². The molecule has 0 bridgehead atoms. The number of hydrogen-bond acceptors (Lipinski definition) is 7. The summed E-state index contributed by atoms with van der Waals surface area (Å²) in [5.74, 6) is 2.26. The number of likely N-dealkylation sites (tertiary alicyclic amines) is 1. The molecule has 8 nitrogen and oxygen atoms in total. The number of rotatable bonds is 8. The van der Waals surface area contributed by atoms with E-state index in [1.54, 1.807) is 18.2 Å². The number of nitrogens with zero attached hydrogens (tertiary/aromatic N) is 3. The standard InChI is InChI=1S/C21H29N5O3/c1-3-29-21(27)26-14-10-17(11-15-26)24-20-23-13-9-19(25-20)22-12-8-16-4-6-18(28-2)7-5-16/h4-7,9,13,17H,3,8,10-12,14-15H2,1-2H3,(H2,22,23,24,25). The first-order valence-electron chi connectivity index (χ1n) is 10.1. The summed E-state index contributed by atoms with van der Waals surface area (Å²) in [7, 11) is 1.67. The van der Waals surface area contributed by atoms with Crippen molar-refractivity contribution in [1.82, 2.24) is 14.9 Å². The SMILES string of the molecule is CCOC(=O)N1CCC(Nc2nccc(NCCc3ccc(OC)cc3)n2)CC1. The third kappa shape index (κ3) is 6.23. The molecule has 1 aliphatic heterocycles. The van der Waals surface area contributed by atoms with Crippen LogP contribution in [0.4, 0.5) is 16.6 Å². The molecule has 29 heavy (non-hydrogen) atoms. The summed E-state index contributed by atoms with van der Waals surface area (Å²) in [5.41, 5.74) is 1.24. The lowest BCUT2D eigenvalue weighted by Gasteiger charge is -2.31. The molecular formula is C21H29N5O3. The minimum atomic E-state index is -0.231. The maximum Gasteiger partial charge on any atom is 0.409 e. The Balaban J connectivity index is 1.44. The summed E-state index contributed by atoms with van der Waals surface area (Å²) < 4.78 is 10.2. The number of hydrogen-bond donors (Lipinski definition) is 2. The highest BCUT2D eigenvalue weighted by molar-refractivity contribution is 5.67. The van der Waals surface area contributed by atoms with Crippen molar-refractivity contribution in [3.05, 3.63) is 42.1 Å². The van der Waals surface area contributed by atoms with Crippen molar-refractivity contribution in [1.29, 1.82) is 0 Å². The molecule has 0 radical (unpaired) electrons. The predicted molar refractivity (Wildman–Crippen MR) is 112 cm³/mol. The zero-order valence-electron chi connectivity index (χ0n) is 17.1. The number of ether oxygens (including phenoxy) is 2. The lowest BCUT2D eigenvalue weighted by atomic mass is 10.1. The molecule has 0 saturated carbocycles. The van der Waals surface area contributed by atoms with Crippen molar-refractivity contribution < 1.29 is 14.3 Å². The molecule has 1 saturated heterocycles. The van der Waals surface area contributed by atoms with Crippen molar-refractivity contribution in [2.75, 3.05) is 44.0 Å². The number of amides is 1. The first-order chi connectivity index (χ1) is 14.2. The maximum atomic E-state index is 11.8. The Morgan fingerprint density at radius 1 is 1.21 bits per heavy atom. The Bertz CT molecular complexity index is 776. The van der Waals surface area contributed by atoms with Gasteiger partial charge in [-0.25, -0.2) is 9.78 Å². The predicted octanol–water partition coefficient (Wildman–Crippen LogP) is 3.17. The monoisotopic (exact) mass is 399 g/mol. The Hall–Kier alpha value is -3.03. The van der Waals surface area contributed by atoms with Gasteiger partial charge >= 0.3 is 6.09 Å². The third-order valence-electron chi connectivity index (χ3n) is 4.89. The zero-order chi connectivity index (χ0) is 20.5. The smallest absolute Gasteiger partial charge is 0.409 e. The fourth-order valence-electron chi connectivity index (χ4n) is 3.26. The Labute approximate surface area is 171 Å². The number of aromatic nitrogens is 2. The van der Waals surface area contributed by atoms with Gasteiger partial charge in [-0.1, -0.05) is 12.1 Å². The van der Waals surface area contributed by atoms with Crippen LogP contribution in [-0.4, -0.2) is 60.4 Å². The van der Waals surface area contributed by atoms with Crippen LogP contribution >= 0.6 is 0 Å². The molecule has 1 aromatic carbocycles. The van der Waals surface area contributed by atoms with Gasteiger partial charge in [0.05, 0.1) is 13.7 Å². The number of benzene rings is 1. The summed E-state index contributed by atoms with van der Waals surface area (Å²) in [6, 6.07) is 10.2. The second-order valence-electron chi connectivity index (χ2n) is 6.89. The molecular weight excluding hydrogens is 370 g/mol. The lowest BCUT2D eigenvalue weighted by molar-refractivity contribution is 0.0983. The lowest BCUT2D eigenvalue weighted by Crippen LogP contribution is -2.42. The Morgan fingerprint density at radius 3 is 2.66 bits per heavy atom. The van der Waals surface area contributed by atoms with E-state index in [1.165, 1.54) is 5.56 Å². The van der Waals surface area contributed by atoms with Gasteiger partial charge in [0.15, 0.2) is 0 Å². The zero-order valence-corrected chi connectivity index (χ0v) is 17.1. The van der Waals surface area contributed by atoms with Crippen molar-refractivity contribution in [2.45, 2.75) is 32.2 Å². The molecule has 0 spiro atoms. The number of carbonyl (C=O) groups excluding carboxylic acids is 1. The van der Waals surface area contributed by atoms with Crippen LogP contribution in [0.25, 0.3) is 0 Å². The van der Waals surface area contributed by atoms with E-state index in [1.807, 2.05) is 25.1 Å². The average molecular weight is 399 g/mol. The van der Waals surface area contributed by atoms with Crippen LogP contribution in [0.2, 0.25) is 0 Å². The van der Waals surface area contributed by atoms with Crippen LogP contribution in [0, 0.1) is 0 Å².